The fraction of sp³-hybridized carbons (Fsp3) is 0.236. The van der Waals surface area contributed by atoms with Gasteiger partial charge in [-0.15, -0.1) is 0 Å². The average Bonchev–Trinajstić information content (AvgIpc) is 4.24. The molecule has 0 saturated heterocycles. The van der Waals surface area contributed by atoms with Gasteiger partial charge in [-0.25, -0.2) is 0 Å². The lowest BCUT2D eigenvalue weighted by molar-refractivity contribution is -0.118. The third-order valence-corrected chi connectivity index (χ3v) is 12.3. The number of carbonyl (C=O) groups is 4. The maximum Gasteiger partial charge on any atom is 0.248 e. The third kappa shape index (κ3) is 9.64. The Kier molecular flexibility index (Phi) is 14.2. The monoisotopic (exact) mass is 926 g/mol. The second-order valence-corrected chi connectivity index (χ2v) is 16.7. The van der Waals surface area contributed by atoms with Crippen molar-refractivity contribution in [3.8, 4) is 45.3 Å². The van der Waals surface area contributed by atoms with Gasteiger partial charge in [-0.3, -0.25) is 29.2 Å². The highest BCUT2D eigenvalue weighted by molar-refractivity contribution is 6.24. The number of hydrogen-bond donors (Lipinski definition) is 2. The second kappa shape index (κ2) is 20.7. The first kappa shape index (κ1) is 47.2. The highest BCUT2D eigenvalue weighted by Crippen LogP contribution is 2.49. The van der Waals surface area contributed by atoms with Crippen LogP contribution in [0.5, 0.6) is 23.0 Å². The van der Waals surface area contributed by atoms with Crippen molar-refractivity contribution in [2.75, 3.05) is 64.4 Å². The fourth-order valence-corrected chi connectivity index (χ4v) is 8.84. The molecule has 14 heteroatoms. The maximum atomic E-state index is 13.3. The van der Waals surface area contributed by atoms with Crippen LogP contribution < -0.4 is 40.2 Å². The molecule has 4 N–H and O–H groups in total. The predicted molar refractivity (Wildman–Crippen MR) is 269 cm³/mol. The van der Waals surface area contributed by atoms with Crippen LogP contribution in [0, 0.1) is 5.92 Å². The molecule has 0 aromatic heterocycles. The Morgan fingerprint density at radius 3 is 1.36 bits per heavy atom. The summed E-state index contributed by atoms with van der Waals surface area (Å²) in [6.07, 6.45) is 2.97. The molecule has 9 rings (SSSR count). The molecule has 14 nitrogen and oxygen atoms in total. The number of fused-ring (bicyclic) bond motifs is 2. The van der Waals surface area contributed by atoms with E-state index in [1.165, 1.54) is 0 Å². The fourth-order valence-electron chi connectivity index (χ4n) is 8.84. The van der Waals surface area contributed by atoms with Gasteiger partial charge in [0.25, 0.3) is 0 Å². The number of amides is 4. The summed E-state index contributed by atoms with van der Waals surface area (Å²) in [5, 5.41) is 0. The van der Waals surface area contributed by atoms with Crippen molar-refractivity contribution in [3.05, 3.63) is 155 Å². The first-order valence-corrected chi connectivity index (χ1v) is 22.7. The highest BCUT2D eigenvalue weighted by Gasteiger charge is 2.36. The highest BCUT2D eigenvalue weighted by atomic mass is 16.5. The molecule has 0 bridgehead atoms. The number of anilines is 2. The van der Waals surface area contributed by atoms with Gasteiger partial charge >= 0.3 is 0 Å². The van der Waals surface area contributed by atoms with Crippen LogP contribution in [0.15, 0.2) is 131 Å². The minimum absolute atomic E-state index is 0.0102. The Morgan fingerprint density at radius 2 is 0.971 bits per heavy atom. The molecule has 69 heavy (non-hydrogen) atoms. The van der Waals surface area contributed by atoms with Crippen LogP contribution in [0.4, 0.5) is 11.4 Å². The van der Waals surface area contributed by atoms with Crippen molar-refractivity contribution >= 4 is 46.4 Å². The molecule has 352 valence electrons. The van der Waals surface area contributed by atoms with Gasteiger partial charge in [-0.05, 0) is 60.6 Å². The number of carbonyl (C=O) groups excluding carboxylic acids is 4. The van der Waals surface area contributed by atoms with Crippen LogP contribution in [-0.2, 0) is 9.59 Å². The van der Waals surface area contributed by atoms with Gasteiger partial charge in [0.05, 0.1) is 73.5 Å². The second-order valence-electron chi connectivity index (χ2n) is 16.7. The number of nitrogens with zero attached hydrogens (tertiary/aromatic N) is 4. The van der Waals surface area contributed by atoms with E-state index in [-0.39, 0.29) is 24.9 Å². The van der Waals surface area contributed by atoms with Crippen molar-refractivity contribution in [1.82, 2.24) is 0 Å². The third-order valence-electron chi connectivity index (χ3n) is 12.3. The van der Waals surface area contributed by atoms with Gasteiger partial charge in [0.15, 0.2) is 0 Å². The number of primary amides is 2. The van der Waals surface area contributed by atoms with E-state index in [2.05, 4.69) is 0 Å². The standard InChI is InChI=1S/C28H27N3O4.C27H27N3O4/c1-34-22-14-21-25(27(35-2)24(22)18-7-4-3-5-8-18)26(19-9-6-10-20(13-19)28(29)33)30-15-23(32)31(21)16-17-11-12-17;1-4-13-30-20-15-21(33-2)23(17-9-6-5-7-10-17)26(34-3)24(20)25(29-16-22(30)31)18-11-8-12-19(14-18)27(28)32/h3-10,13-14,17H,11-12,15-16H2,1-2H3,(H2,29,33);5-12,14-15H,4,13,16H2,1-3H3,(H2,28,32). The summed E-state index contributed by atoms with van der Waals surface area (Å²) in [7, 11) is 6.41. The van der Waals surface area contributed by atoms with Gasteiger partial charge < -0.3 is 40.2 Å². The first-order chi connectivity index (χ1) is 33.5. The molecular formula is C55H54N6O8. The molecule has 0 radical (unpaired) electrons. The van der Waals surface area contributed by atoms with Gasteiger partial charge in [-0.2, -0.15) is 0 Å². The van der Waals surface area contributed by atoms with Crippen LogP contribution >= 0.6 is 0 Å². The average molecular weight is 927 g/mol. The summed E-state index contributed by atoms with van der Waals surface area (Å²) in [6.45, 7) is 3.11. The molecule has 2 heterocycles. The molecule has 1 fully saturated rings. The van der Waals surface area contributed by atoms with Crippen LogP contribution in [0.1, 0.15) is 69.2 Å². The van der Waals surface area contributed by atoms with Gasteiger partial charge in [0.2, 0.25) is 23.6 Å². The summed E-state index contributed by atoms with van der Waals surface area (Å²) < 4.78 is 23.6. The van der Waals surface area contributed by atoms with Crippen molar-refractivity contribution in [2.45, 2.75) is 26.2 Å². The molecular weight excluding hydrogens is 873 g/mol. The number of nitrogens with two attached hydrogens (primary N) is 2. The minimum atomic E-state index is -0.536. The van der Waals surface area contributed by atoms with Crippen LogP contribution in [0.25, 0.3) is 22.3 Å². The Morgan fingerprint density at radius 1 is 0.551 bits per heavy atom. The van der Waals surface area contributed by atoms with E-state index in [0.29, 0.717) is 98.2 Å². The van der Waals surface area contributed by atoms with E-state index in [0.717, 1.165) is 41.5 Å². The summed E-state index contributed by atoms with van der Waals surface area (Å²) >= 11 is 0. The molecule has 4 amide bonds. The van der Waals surface area contributed by atoms with E-state index >= 15 is 0 Å². The SMILES string of the molecule is CCCN1C(=O)CN=C(c2cccc(C(N)=O)c2)c2c1cc(OC)c(-c1ccccc1)c2OC.COc1cc2c(c(OC)c1-c1ccccc1)C(c1cccc(C(N)=O)c1)=NCC(=O)N2CC1CC1. The van der Waals surface area contributed by atoms with Crippen molar-refractivity contribution in [1.29, 1.82) is 0 Å². The van der Waals surface area contributed by atoms with Crippen molar-refractivity contribution in [3.63, 3.8) is 0 Å². The molecule has 3 aliphatic rings. The quantitative estimate of drug-likeness (QED) is 0.110. The topological polar surface area (TPSA) is 188 Å². The number of methoxy groups -OCH3 is 4. The van der Waals surface area contributed by atoms with E-state index < -0.39 is 11.8 Å². The van der Waals surface area contributed by atoms with Crippen LogP contribution in [0.3, 0.4) is 0 Å². The molecule has 1 aliphatic carbocycles. The van der Waals surface area contributed by atoms with E-state index in [9.17, 15) is 19.2 Å². The van der Waals surface area contributed by atoms with Gasteiger partial charge in [0, 0.05) is 47.5 Å². The lowest BCUT2D eigenvalue weighted by Crippen LogP contribution is -2.34. The summed E-state index contributed by atoms with van der Waals surface area (Å²) in [4.78, 5) is 63.2. The normalized spacial score (nSPS) is 14.2. The molecule has 0 unspecified atom stereocenters. The van der Waals surface area contributed by atoms with E-state index in [1.807, 2.05) is 91.9 Å². The Balaban J connectivity index is 0.000000186. The number of ether oxygens (including phenoxy) is 4. The van der Waals surface area contributed by atoms with Crippen molar-refractivity contribution in [2.24, 2.45) is 27.4 Å². The van der Waals surface area contributed by atoms with Gasteiger partial charge in [-0.1, -0.05) is 91.9 Å². The summed E-state index contributed by atoms with van der Waals surface area (Å²) in [6, 6.07) is 37.3. The predicted octanol–water partition coefficient (Wildman–Crippen LogP) is 8.13. The van der Waals surface area contributed by atoms with Crippen LogP contribution in [-0.4, -0.2) is 89.7 Å². The molecule has 0 spiro atoms. The lowest BCUT2D eigenvalue weighted by Gasteiger charge is -2.27. The Labute approximate surface area is 401 Å². The summed E-state index contributed by atoms with van der Waals surface area (Å²) in [5.41, 5.74) is 20.4. The molecule has 6 aromatic rings. The molecule has 2 aliphatic heterocycles. The molecule has 6 aromatic carbocycles. The van der Waals surface area contributed by atoms with Crippen molar-refractivity contribution < 1.29 is 38.1 Å². The first-order valence-electron chi connectivity index (χ1n) is 22.7. The number of rotatable bonds is 14. The van der Waals surface area contributed by atoms with Gasteiger partial charge in [0.1, 0.15) is 36.1 Å². The number of benzodiazepines with no additional fused rings is 2. The zero-order valence-electron chi connectivity index (χ0n) is 39.3. The smallest absolute Gasteiger partial charge is 0.248 e. The molecule has 0 atom stereocenters. The van der Waals surface area contributed by atoms with E-state index in [1.54, 1.807) is 74.6 Å². The largest absolute Gasteiger partial charge is 0.496 e. The number of hydrogen-bond acceptors (Lipinski definition) is 10. The number of aliphatic imine (C=N–C) groups is 2. The Bertz CT molecular complexity index is 3000. The summed E-state index contributed by atoms with van der Waals surface area (Å²) in [5.74, 6) is 1.49. The maximum absolute atomic E-state index is 13.3. The Hall–Kier alpha value is -8.26. The van der Waals surface area contributed by atoms with Crippen LogP contribution in [0.2, 0.25) is 0 Å². The lowest BCUT2D eigenvalue weighted by atomic mass is 9.92. The zero-order chi connectivity index (χ0) is 48.8. The zero-order valence-corrected chi connectivity index (χ0v) is 39.3. The number of benzene rings is 6. The molecule has 1 saturated carbocycles. The minimum Gasteiger partial charge on any atom is -0.496 e. The van der Waals surface area contributed by atoms with E-state index in [4.69, 9.17) is 40.4 Å².